The third kappa shape index (κ3) is 3.69. The maximum Gasteiger partial charge on any atom is 0.330 e. The maximum absolute atomic E-state index is 12.3. The second-order valence-corrected chi connectivity index (χ2v) is 4.82. The summed E-state index contributed by atoms with van der Waals surface area (Å²) in [6.45, 7) is 1.76. The van der Waals surface area contributed by atoms with Crippen LogP contribution in [0.4, 0.5) is 0 Å². The van der Waals surface area contributed by atoms with Gasteiger partial charge in [0.05, 0.1) is 5.92 Å². The molecule has 0 aliphatic carbocycles. The van der Waals surface area contributed by atoms with Crippen molar-refractivity contribution in [2.75, 3.05) is 0 Å². The van der Waals surface area contributed by atoms with E-state index in [-0.39, 0.29) is 5.91 Å². The number of carboxylic acids is 1. The fourth-order valence-corrected chi connectivity index (χ4v) is 2.09. The first-order chi connectivity index (χ1) is 10.1. The van der Waals surface area contributed by atoms with Crippen molar-refractivity contribution in [3.8, 4) is 0 Å². The monoisotopic (exact) mass is 283 g/mol. The normalized spacial score (nSPS) is 13.2. The first kappa shape index (κ1) is 14.8. The molecule has 21 heavy (non-hydrogen) atoms. The molecular formula is C17H17NO3. The first-order valence-corrected chi connectivity index (χ1v) is 6.72. The van der Waals surface area contributed by atoms with Gasteiger partial charge in [-0.1, -0.05) is 60.7 Å². The van der Waals surface area contributed by atoms with Gasteiger partial charge in [0.25, 0.3) is 0 Å². The van der Waals surface area contributed by atoms with E-state index in [1.807, 2.05) is 30.3 Å². The SMILES string of the molecule is CC(C(=O)N[C@@H](C(=O)O)c1ccccc1)c1ccccc1. The van der Waals surface area contributed by atoms with Crippen LogP contribution >= 0.6 is 0 Å². The zero-order valence-electron chi connectivity index (χ0n) is 11.7. The van der Waals surface area contributed by atoms with Gasteiger partial charge in [-0.3, -0.25) is 4.79 Å². The van der Waals surface area contributed by atoms with Gasteiger partial charge in [-0.2, -0.15) is 0 Å². The highest BCUT2D eigenvalue weighted by molar-refractivity contribution is 5.88. The summed E-state index contributed by atoms with van der Waals surface area (Å²) < 4.78 is 0. The Morgan fingerprint density at radius 2 is 1.38 bits per heavy atom. The predicted molar refractivity (Wildman–Crippen MR) is 79.8 cm³/mol. The average molecular weight is 283 g/mol. The number of nitrogens with one attached hydrogen (secondary N) is 1. The largest absolute Gasteiger partial charge is 0.479 e. The highest BCUT2D eigenvalue weighted by atomic mass is 16.4. The summed E-state index contributed by atoms with van der Waals surface area (Å²) in [5.74, 6) is -1.79. The molecule has 0 bridgehead atoms. The smallest absolute Gasteiger partial charge is 0.330 e. The summed E-state index contributed by atoms with van der Waals surface area (Å²) >= 11 is 0. The molecule has 0 heterocycles. The van der Waals surface area contributed by atoms with E-state index in [1.54, 1.807) is 37.3 Å². The molecule has 2 aromatic rings. The minimum absolute atomic E-state index is 0.308. The van der Waals surface area contributed by atoms with Crippen LogP contribution in [0.5, 0.6) is 0 Å². The molecule has 2 N–H and O–H groups in total. The number of carbonyl (C=O) groups is 2. The van der Waals surface area contributed by atoms with Crippen LogP contribution < -0.4 is 5.32 Å². The summed E-state index contributed by atoms with van der Waals surface area (Å²) in [5, 5.41) is 11.9. The molecule has 0 saturated carbocycles. The molecule has 108 valence electrons. The van der Waals surface area contributed by atoms with Crippen LogP contribution in [0.3, 0.4) is 0 Å². The van der Waals surface area contributed by atoms with E-state index in [0.717, 1.165) is 5.56 Å². The Morgan fingerprint density at radius 3 is 1.86 bits per heavy atom. The van der Waals surface area contributed by atoms with Crippen LogP contribution in [0, 0.1) is 0 Å². The van der Waals surface area contributed by atoms with Crippen LogP contribution in [-0.2, 0) is 9.59 Å². The standard InChI is InChI=1S/C17H17NO3/c1-12(13-8-4-2-5-9-13)16(19)18-15(17(20)21)14-10-6-3-7-11-14/h2-12,15H,1H3,(H,18,19)(H,20,21)/t12?,15-/m1/s1. The summed E-state index contributed by atoms with van der Waals surface area (Å²) in [5.41, 5.74) is 1.41. The minimum atomic E-state index is -1.07. The second-order valence-electron chi connectivity index (χ2n) is 4.82. The van der Waals surface area contributed by atoms with E-state index in [0.29, 0.717) is 5.56 Å². The van der Waals surface area contributed by atoms with E-state index in [1.165, 1.54) is 0 Å². The fraction of sp³-hybridized carbons (Fsp3) is 0.176. The number of benzene rings is 2. The molecule has 0 aliphatic rings. The lowest BCUT2D eigenvalue weighted by Gasteiger charge is -2.18. The first-order valence-electron chi connectivity index (χ1n) is 6.72. The molecule has 0 saturated heterocycles. The number of carboxylic acid groups (broad SMARTS) is 1. The van der Waals surface area contributed by atoms with Gasteiger partial charge in [0, 0.05) is 0 Å². The number of hydrogen-bond donors (Lipinski definition) is 2. The zero-order valence-corrected chi connectivity index (χ0v) is 11.7. The van der Waals surface area contributed by atoms with Gasteiger partial charge in [-0.25, -0.2) is 4.79 Å². The second kappa shape index (κ2) is 6.70. The topological polar surface area (TPSA) is 66.4 Å². The number of rotatable bonds is 5. The molecule has 0 spiro atoms. The third-order valence-corrected chi connectivity index (χ3v) is 3.36. The minimum Gasteiger partial charge on any atom is -0.479 e. The highest BCUT2D eigenvalue weighted by Crippen LogP contribution is 2.18. The predicted octanol–water partition coefficient (Wildman–Crippen LogP) is 2.73. The lowest BCUT2D eigenvalue weighted by atomic mass is 9.99. The fourth-order valence-electron chi connectivity index (χ4n) is 2.09. The summed E-state index contributed by atoms with van der Waals surface area (Å²) in [7, 11) is 0. The van der Waals surface area contributed by atoms with Gasteiger partial charge in [-0.05, 0) is 18.1 Å². The highest BCUT2D eigenvalue weighted by Gasteiger charge is 2.24. The molecule has 2 rings (SSSR count). The Balaban J connectivity index is 2.14. The average Bonchev–Trinajstić information content (AvgIpc) is 2.53. The molecule has 2 atom stereocenters. The van der Waals surface area contributed by atoms with Crippen LogP contribution in [0.15, 0.2) is 60.7 Å². The molecule has 0 radical (unpaired) electrons. The number of carbonyl (C=O) groups excluding carboxylic acids is 1. The van der Waals surface area contributed by atoms with Gasteiger partial charge >= 0.3 is 5.97 Å². The van der Waals surface area contributed by atoms with Gasteiger partial charge in [-0.15, -0.1) is 0 Å². The van der Waals surface area contributed by atoms with Crippen molar-refractivity contribution in [3.63, 3.8) is 0 Å². The lowest BCUT2D eigenvalue weighted by molar-refractivity contribution is -0.142. The molecule has 4 heteroatoms. The zero-order chi connectivity index (χ0) is 15.2. The Kier molecular flexibility index (Phi) is 4.72. The number of aliphatic carboxylic acids is 1. The Hall–Kier alpha value is -2.62. The Bertz CT molecular complexity index is 610. The van der Waals surface area contributed by atoms with E-state index >= 15 is 0 Å². The van der Waals surface area contributed by atoms with Crippen molar-refractivity contribution >= 4 is 11.9 Å². The molecule has 0 aliphatic heterocycles. The number of amides is 1. The van der Waals surface area contributed by atoms with E-state index in [4.69, 9.17) is 0 Å². The molecule has 4 nitrogen and oxygen atoms in total. The van der Waals surface area contributed by atoms with Gasteiger partial charge < -0.3 is 10.4 Å². The van der Waals surface area contributed by atoms with Crippen molar-refractivity contribution < 1.29 is 14.7 Å². The summed E-state index contributed by atoms with van der Waals surface area (Å²) in [6, 6.07) is 16.9. The van der Waals surface area contributed by atoms with E-state index in [2.05, 4.69) is 5.32 Å². The molecule has 2 aromatic carbocycles. The molecular weight excluding hydrogens is 266 g/mol. The molecule has 0 fully saturated rings. The quantitative estimate of drug-likeness (QED) is 0.886. The lowest BCUT2D eigenvalue weighted by Crippen LogP contribution is -2.36. The molecule has 1 unspecified atom stereocenters. The van der Waals surface area contributed by atoms with Crippen LogP contribution in [0.25, 0.3) is 0 Å². The van der Waals surface area contributed by atoms with Crippen molar-refractivity contribution in [3.05, 3.63) is 71.8 Å². The molecule has 0 aromatic heterocycles. The maximum atomic E-state index is 12.3. The Morgan fingerprint density at radius 1 is 0.905 bits per heavy atom. The van der Waals surface area contributed by atoms with Crippen LogP contribution in [-0.4, -0.2) is 17.0 Å². The Labute approximate surface area is 123 Å². The van der Waals surface area contributed by atoms with Gasteiger partial charge in [0.1, 0.15) is 0 Å². The molecule has 1 amide bonds. The summed E-state index contributed by atoms with van der Waals surface area (Å²) in [4.78, 5) is 23.6. The third-order valence-electron chi connectivity index (χ3n) is 3.36. The summed E-state index contributed by atoms with van der Waals surface area (Å²) in [6.07, 6.45) is 0. The number of hydrogen-bond acceptors (Lipinski definition) is 2. The van der Waals surface area contributed by atoms with Gasteiger partial charge in [0.2, 0.25) is 5.91 Å². The van der Waals surface area contributed by atoms with E-state index in [9.17, 15) is 14.7 Å². The van der Waals surface area contributed by atoms with E-state index < -0.39 is 17.9 Å². The van der Waals surface area contributed by atoms with Gasteiger partial charge in [0.15, 0.2) is 6.04 Å². The van der Waals surface area contributed by atoms with Crippen LogP contribution in [0.1, 0.15) is 30.0 Å². The van der Waals surface area contributed by atoms with Crippen molar-refractivity contribution in [2.24, 2.45) is 0 Å². The van der Waals surface area contributed by atoms with Crippen LogP contribution in [0.2, 0.25) is 0 Å². The van der Waals surface area contributed by atoms with Crippen molar-refractivity contribution in [2.45, 2.75) is 18.9 Å². The van der Waals surface area contributed by atoms with Crippen molar-refractivity contribution in [1.29, 1.82) is 0 Å². The van der Waals surface area contributed by atoms with Crippen molar-refractivity contribution in [1.82, 2.24) is 5.32 Å².